The van der Waals surface area contributed by atoms with Crippen LogP contribution in [0.5, 0.6) is 5.88 Å². The van der Waals surface area contributed by atoms with E-state index < -0.39 is 0 Å². The van der Waals surface area contributed by atoms with Gasteiger partial charge in [-0.2, -0.15) is 0 Å². The van der Waals surface area contributed by atoms with Crippen molar-refractivity contribution in [3.05, 3.63) is 23.2 Å². The monoisotopic (exact) mass is 248 g/mol. The Balaban J connectivity index is 0.00000112. The van der Waals surface area contributed by atoms with Crippen molar-refractivity contribution in [3.63, 3.8) is 0 Å². The van der Waals surface area contributed by atoms with Crippen LogP contribution in [0.4, 0.5) is 0 Å². The molecule has 0 aliphatic carbocycles. The van der Waals surface area contributed by atoms with Gasteiger partial charge in [-0.05, 0) is 17.3 Å². The summed E-state index contributed by atoms with van der Waals surface area (Å²) in [6, 6.07) is 5.34. The maximum atomic E-state index is 5.97. The number of benzene rings is 1. The molecule has 6 heteroatoms. The Hall–Kier alpha value is -0.970. The molecule has 0 aliphatic rings. The molecule has 15 heavy (non-hydrogen) atoms. The topological polar surface area (TPSA) is 61.3 Å². The fraction of sp³-hybridized carbons (Fsp3) is 0.222. The molecule has 0 bridgehead atoms. The minimum atomic E-state index is 0. The maximum absolute atomic E-state index is 5.97. The number of halogens is 2. The first-order valence-electron chi connectivity index (χ1n) is 4.19. The summed E-state index contributed by atoms with van der Waals surface area (Å²) in [7, 11) is 0. The van der Waals surface area contributed by atoms with Crippen LogP contribution in [0.15, 0.2) is 22.7 Å². The van der Waals surface area contributed by atoms with Gasteiger partial charge < -0.3 is 15.0 Å². The molecule has 0 unspecified atom stereocenters. The zero-order valence-electron chi connectivity index (χ0n) is 7.77. The Labute approximate surface area is 97.7 Å². The van der Waals surface area contributed by atoms with Crippen molar-refractivity contribution >= 4 is 35.0 Å². The van der Waals surface area contributed by atoms with E-state index in [1.165, 1.54) is 0 Å². The molecule has 0 saturated heterocycles. The van der Waals surface area contributed by atoms with Crippen LogP contribution in [-0.2, 0) is 0 Å². The van der Waals surface area contributed by atoms with Crippen LogP contribution in [0.2, 0.25) is 5.02 Å². The Bertz CT molecular complexity index is 445. The molecule has 1 aromatic carbocycles. The van der Waals surface area contributed by atoms with Crippen molar-refractivity contribution in [3.8, 4) is 5.88 Å². The summed E-state index contributed by atoms with van der Waals surface area (Å²) in [4.78, 5) is 0. The van der Waals surface area contributed by atoms with Gasteiger partial charge in [-0.1, -0.05) is 17.7 Å². The van der Waals surface area contributed by atoms with Crippen molar-refractivity contribution in [2.24, 2.45) is 5.73 Å². The Morgan fingerprint density at radius 3 is 3.00 bits per heavy atom. The molecule has 4 nitrogen and oxygen atoms in total. The van der Waals surface area contributed by atoms with Crippen LogP contribution in [0, 0.1) is 0 Å². The van der Waals surface area contributed by atoms with Gasteiger partial charge in [0.1, 0.15) is 12.0 Å². The van der Waals surface area contributed by atoms with Gasteiger partial charge in [-0.3, -0.25) is 0 Å². The average Bonchev–Trinajstić information content (AvgIpc) is 2.59. The lowest BCUT2D eigenvalue weighted by molar-refractivity contribution is 0.293. The third-order valence-electron chi connectivity index (χ3n) is 1.77. The Morgan fingerprint density at radius 1 is 1.47 bits per heavy atom. The van der Waals surface area contributed by atoms with Crippen molar-refractivity contribution in [1.29, 1.82) is 0 Å². The molecule has 0 atom stereocenters. The second-order valence-electron chi connectivity index (χ2n) is 2.74. The molecule has 0 amide bonds. The standard InChI is InChI=1S/C9H9ClN2O2.ClH/c10-6-2-1-3-7-8(6)9(12-14-7)13-5-4-11;/h1-3H,4-5,11H2;1H. The average molecular weight is 249 g/mol. The van der Waals surface area contributed by atoms with Gasteiger partial charge in [0.15, 0.2) is 5.58 Å². The van der Waals surface area contributed by atoms with Gasteiger partial charge in [-0.15, -0.1) is 12.4 Å². The predicted octanol–water partition coefficient (Wildman–Crippen LogP) is 2.24. The van der Waals surface area contributed by atoms with E-state index in [0.29, 0.717) is 35.0 Å². The summed E-state index contributed by atoms with van der Waals surface area (Å²) in [5.74, 6) is 0.399. The zero-order chi connectivity index (χ0) is 9.97. The van der Waals surface area contributed by atoms with E-state index in [2.05, 4.69) is 5.16 Å². The zero-order valence-corrected chi connectivity index (χ0v) is 9.35. The Kier molecular flexibility index (Phi) is 4.20. The van der Waals surface area contributed by atoms with Gasteiger partial charge in [-0.25, -0.2) is 0 Å². The number of ether oxygens (including phenoxy) is 1. The quantitative estimate of drug-likeness (QED) is 0.906. The summed E-state index contributed by atoms with van der Waals surface area (Å²) < 4.78 is 10.3. The highest BCUT2D eigenvalue weighted by molar-refractivity contribution is 6.35. The molecule has 0 spiro atoms. The number of hydrogen-bond acceptors (Lipinski definition) is 4. The fourth-order valence-electron chi connectivity index (χ4n) is 1.18. The van der Waals surface area contributed by atoms with Crippen molar-refractivity contribution < 1.29 is 9.26 Å². The number of rotatable bonds is 3. The summed E-state index contributed by atoms with van der Waals surface area (Å²) >= 11 is 5.97. The number of nitrogens with two attached hydrogens (primary N) is 1. The first-order chi connectivity index (χ1) is 6.83. The minimum absolute atomic E-state index is 0. The van der Waals surface area contributed by atoms with E-state index in [-0.39, 0.29) is 12.4 Å². The van der Waals surface area contributed by atoms with E-state index >= 15 is 0 Å². The number of aromatic nitrogens is 1. The molecule has 0 aliphatic heterocycles. The SMILES string of the molecule is Cl.NCCOc1noc2cccc(Cl)c12. The Morgan fingerprint density at radius 2 is 2.27 bits per heavy atom. The first-order valence-corrected chi connectivity index (χ1v) is 4.57. The lowest BCUT2D eigenvalue weighted by Gasteiger charge is -1.99. The molecule has 1 aromatic heterocycles. The lowest BCUT2D eigenvalue weighted by atomic mass is 10.2. The number of fused-ring (bicyclic) bond motifs is 1. The van der Waals surface area contributed by atoms with Crippen molar-refractivity contribution in [1.82, 2.24) is 5.16 Å². The van der Waals surface area contributed by atoms with Crippen molar-refractivity contribution in [2.45, 2.75) is 0 Å². The second kappa shape index (κ2) is 5.21. The van der Waals surface area contributed by atoms with Crippen molar-refractivity contribution in [2.75, 3.05) is 13.2 Å². The van der Waals surface area contributed by atoms with Crippen LogP contribution in [-0.4, -0.2) is 18.3 Å². The summed E-state index contributed by atoms with van der Waals surface area (Å²) in [6.45, 7) is 0.825. The van der Waals surface area contributed by atoms with Gasteiger partial charge in [0.05, 0.1) is 5.02 Å². The second-order valence-corrected chi connectivity index (χ2v) is 3.15. The molecule has 1 heterocycles. The largest absolute Gasteiger partial charge is 0.474 e. The van der Waals surface area contributed by atoms with Gasteiger partial charge >= 0.3 is 0 Å². The van der Waals surface area contributed by atoms with Gasteiger partial charge in [0.25, 0.3) is 5.88 Å². The third kappa shape index (κ3) is 2.34. The smallest absolute Gasteiger partial charge is 0.263 e. The minimum Gasteiger partial charge on any atom is -0.474 e. The van der Waals surface area contributed by atoms with Crippen LogP contribution >= 0.6 is 24.0 Å². The number of hydrogen-bond donors (Lipinski definition) is 1. The normalized spacial score (nSPS) is 10.0. The molecule has 0 radical (unpaired) electrons. The highest BCUT2D eigenvalue weighted by Gasteiger charge is 2.11. The highest BCUT2D eigenvalue weighted by atomic mass is 35.5. The van der Waals surface area contributed by atoms with Crippen LogP contribution < -0.4 is 10.5 Å². The van der Waals surface area contributed by atoms with E-state index in [0.717, 1.165) is 0 Å². The fourth-order valence-corrected chi connectivity index (χ4v) is 1.43. The maximum Gasteiger partial charge on any atom is 0.263 e. The predicted molar refractivity (Wildman–Crippen MR) is 60.8 cm³/mol. The molecule has 2 N–H and O–H groups in total. The van der Waals surface area contributed by atoms with Crippen LogP contribution in [0.3, 0.4) is 0 Å². The highest BCUT2D eigenvalue weighted by Crippen LogP contribution is 2.31. The van der Waals surface area contributed by atoms with E-state index in [4.69, 9.17) is 26.6 Å². The molecular weight excluding hydrogens is 239 g/mol. The summed E-state index contributed by atoms with van der Waals surface area (Å²) in [5.41, 5.74) is 5.93. The lowest BCUT2D eigenvalue weighted by Crippen LogP contribution is -2.10. The van der Waals surface area contributed by atoms with E-state index in [1.54, 1.807) is 18.2 Å². The van der Waals surface area contributed by atoms with Gasteiger partial charge in [0.2, 0.25) is 0 Å². The first kappa shape index (κ1) is 12.1. The number of nitrogens with zero attached hydrogens (tertiary/aromatic N) is 1. The van der Waals surface area contributed by atoms with E-state index in [1.807, 2.05) is 0 Å². The molecule has 2 rings (SSSR count). The third-order valence-corrected chi connectivity index (χ3v) is 2.09. The van der Waals surface area contributed by atoms with Gasteiger partial charge in [0, 0.05) is 6.54 Å². The van der Waals surface area contributed by atoms with Crippen LogP contribution in [0.25, 0.3) is 11.0 Å². The summed E-state index contributed by atoms with van der Waals surface area (Å²) in [5, 5.41) is 5.02. The molecule has 82 valence electrons. The molecular formula is C9H10Cl2N2O2. The molecule has 0 fully saturated rings. The summed E-state index contributed by atoms with van der Waals surface area (Å²) in [6.07, 6.45) is 0. The van der Waals surface area contributed by atoms with E-state index in [9.17, 15) is 0 Å². The molecule has 2 aromatic rings. The van der Waals surface area contributed by atoms with Crippen LogP contribution in [0.1, 0.15) is 0 Å². The molecule has 0 saturated carbocycles.